The molecule has 2 aliphatic carbocycles. The highest BCUT2D eigenvalue weighted by Crippen LogP contribution is 2.38. The van der Waals surface area contributed by atoms with Crippen molar-refractivity contribution in [3.05, 3.63) is 35.4 Å². The normalized spacial score (nSPS) is 24.5. The van der Waals surface area contributed by atoms with Crippen molar-refractivity contribution in [2.75, 3.05) is 0 Å². The summed E-state index contributed by atoms with van der Waals surface area (Å²) in [6.07, 6.45) is 24.6. The second-order valence-electron chi connectivity index (χ2n) is 10.5. The highest BCUT2D eigenvalue weighted by molar-refractivity contribution is 5.23. The Morgan fingerprint density at radius 2 is 1.34 bits per heavy atom. The predicted octanol–water partition coefficient (Wildman–Crippen LogP) is 9.15. The molecule has 3 rings (SSSR count). The number of rotatable bonds is 11. The lowest BCUT2D eigenvalue weighted by Gasteiger charge is -2.33. The molecule has 1 aromatic carbocycles. The maximum Gasteiger partial charge on any atom is -0.0248 e. The molecule has 0 bridgehead atoms. The topological polar surface area (TPSA) is 0 Å². The van der Waals surface area contributed by atoms with Crippen LogP contribution in [0.3, 0.4) is 0 Å². The van der Waals surface area contributed by atoms with Gasteiger partial charge in [0.05, 0.1) is 0 Å². The molecule has 1 unspecified atom stereocenters. The van der Waals surface area contributed by atoms with Crippen molar-refractivity contribution in [1.29, 1.82) is 0 Å². The summed E-state index contributed by atoms with van der Waals surface area (Å²) in [6, 6.07) is 9.74. The molecule has 2 saturated carbocycles. The monoisotopic (exact) mass is 396 g/mol. The predicted molar refractivity (Wildman–Crippen MR) is 128 cm³/mol. The molecule has 0 nitrogen and oxygen atoms in total. The highest BCUT2D eigenvalue weighted by atomic mass is 14.3. The van der Waals surface area contributed by atoms with Crippen LogP contribution in [0.4, 0.5) is 0 Å². The van der Waals surface area contributed by atoms with Gasteiger partial charge in [-0.2, -0.15) is 0 Å². The lowest BCUT2D eigenvalue weighted by Crippen LogP contribution is -2.22. The van der Waals surface area contributed by atoms with Crippen molar-refractivity contribution < 1.29 is 0 Å². The third kappa shape index (κ3) is 7.76. The van der Waals surface area contributed by atoms with Gasteiger partial charge in [0, 0.05) is 0 Å². The van der Waals surface area contributed by atoms with Crippen molar-refractivity contribution in [3.8, 4) is 0 Å². The zero-order chi connectivity index (χ0) is 20.3. The second kappa shape index (κ2) is 12.8. The molecule has 0 heteroatoms. The number of hydrogen-bond acceptors (Lipinski definition) is 0. The van der Waals surface area contributed by atoms with Gasteiger partial charge in [-0.15, -0.1) is 0 Å². The van der Waals surface area contributed by atoms with Gasteiger partial charge in [-0.05, 0) is 60.5 Å². The van der Waals surface area contributed by atoms with Gasteiger partial charge >= 0.3 is 0 Å². The van der Waals surface area contributed by atoms with Crippen LogP contribution in [0.15, 0.2) is 24.3 Å². The Labute approximate surface area is 182 Å². The van der Waals surface area contributed by atoms with E-state index in [1.807, 2.05) is 0 Å². The minimum atomic E-state index is 0.935. The van der Waals surface area contributed by atoms with Gasteiger partial charge in [0.1, 0.15) is 0 Å². The fourth-order valence-corrected chi connectivity index (χ4v) is 6.30. The van der Waals surface area contributed by atoms with Gasteiger partial charge in [0.15, 0.2) is 0 Å². The molecule has 0 amide bonds. The van der Waals surface area contributed by atoms with E-state index in [9.17, 15) is 0 Å². The van der Waals surface area contributed by atoms with Crippen molar-refractivity contribution >= 4 is 0 Å². The van der Waals surface area contributed by atoms with Crippen LogP contribution < -0.4 is 0 Å². The molecule has 0 aromatic heterocycles. The average Bonchev–Trinajstić information content (AvgIpc) is 2.78. The first-order valence-corrected chi connectivity index (χ1v) is 13.4. The molecule has 29 heavy (non-hydrogen) atoms. The smallest absolute Gasteiger partial charge is 0.0248 e. The summed E-state index contributed by atoms with van der Waals surface area (Å²) in [5.74, 6) is 4.02. The van der Waals surface area contributed by atoms with Crippen LogP contribution in [0.2, 0.25) is 0 Å². The first kappa shape index (κ1) is 22.9. The number of hydrogen-bond donors (Lipinski definition) is 0. The molecule has 0 radical (unpaired) electrons. The Balaban J connectivity index is 1.52. The quantitative estimate of drug-likeness (QED) is 0.350. The van der Waals surface area contributed by atoms with Gasteiger partial charge in [-0.3, -0.25) is 0 Å². The van der Waals surface area contributed by atoms with Gasteiger partial charge in [0.25, 0.3) is 0 Å². The second-order valence-corrected chi connectivity index (χ2v) is 10.5. The number of aryl methyl sites for hydroxylation is 1. The first-order valence-electron chi connectivity index (χ1n) is 13.4. The SMILES string of the molecule is CCCCc1ccc(CC(CCC2CCC(CCC)CC2)C2CCCCC2)cc1. The Morgan fingerprint density at radius 1 is 0.724 bits per heavy atom. The summed E-state index contributed by atoms with van der Waals surface area (Å²) in [4.78, 5) is 0. The molecular formula is C29H48. The Bertz CT molecular complexity index is 528. The zero-order valence-electron chi connectivity index (χ0n) is 19.6. The molecule has 2 aliphatic rings. The largest absolute Gasteiger partial charge is 0.0654 e. The summed E-state index contributed by atoms with van der Waals surface area (Å²) in [7, 11) is 0. The van der Waals surface area contributed by atoms with E-state index in [0.29, 0.717) is 0 Å². The van der Waals surface area contributed by atoms with Gasteiger partial charge < -0.3 is 0 Å². The Kier molecular flexibility index (Phi) is 10.1. The third-order valence-corrected chi connectivity index (χ3v) is 8.27. The molecule has 0 N–H and O–H groups in total. The summed E-state index contributed by atoms with van der Waals surface area (Å²) >= 11 is 0. The van der Waals surface area contributed by atoms with Crippen molar-refractivity contribution in [1.82, 2.24) is 0 Å². The van der Waals surface area contributed by atoms with E-state index in [-0.39, 0.29) is 0 Å². The number of unbranched alkanes of at least 4 members (excludes halogenated alkanes) is 1. The van der Waals surface area contributed by atoms with E-state index in [1.165, 1.54) is 115 Å². The van der Waals surface area contributed by atoms with E-state index >= 15 is 0 Å². The lowest BCUT2D eigenvalue weighted by atomic mass is 9.72. The van der Waals surface area contributed by atoms with Crippen LogP contribution in [0.25, 0.3) is 0 Å². The van der Waals surface area contributed by atoms with E-state index < -0.39 is 0 Å². The minimum Gasteiger partial charge on any atom is -0.0654 e. The van der Waals surface area contributed by atoms with Crippen LogP contribution >= 0.6 is 0 Å². The van der Waals surface area contributed by atoms with Crippen LogP contribution in [0.1, 0.15) is 121 Å². The zero-order valence-corrected chi connectivity index (χ0v) is 19.6. The highest BCUT2D eigenvalue weighted by Gasteiger charge is 2.26. The molecule has 1 atom stereocenters. The summed E-state index contributed by atoms with van der Waals surface area (Å²) < 4.78 is 0. The van der Waals surface area contributed by atoms with Crippen LogP contribution in [-0.4, -0.2) is 0 Å². The molecule has 2 fully saturated rings. The van der Waals surface area contributed by atoms with Crippen LogP contribution in [0, 0.1) is 23.7 Å². The summed E-state index contributed by atoms with van der Waals surface area (Å²) in [5, 5.41) is 0. The fraction of sp³-hybridized carbons (Fsp3) is 0.793. The third-order valence-electron chi connectivity index (χ3n) is 8.27. The van der Waals surface area contributed by atoms with Gasteiger partial charge in [-0.1, -0.05) is 122 Å². The van der Waals surface area contributed by atoms with E-state index in [2.05, 4.69) is 38.1 Å². The molecule has 0 heterocycles. The standard InChI is InChI=1S/C29H48/c1-3-5-10-25-17-19-27(20-18-25)23-29(28-11-7-6-8-12-28)22-21-26-15-13-24(9-4-2)14-16-26/h17-20,24,26,28-29H,3-16,21-23H2,1-2H3. The van der Waals surface area contributed by atoms with Gasteiger partial charge in [0.2, 0.25) is 0 Å². The molecular weight excluding hydrogens is 348 g/mol. The molecule has 164 valence electrons. The minimum absolute atomic E-state index is 0.935. The van der Waals surface area contributed by atoms with Crippen molar-refractivity contribution in [2.24, 2.45) is 23.7 Å². The van der Waals surface area contributed by atoms with Crippen molar-refractivity contribution in [2.45, 2.75) is 123 Å². The van der Waals surface area contributed by atoms with Crippen molar-refractivity contribution in [3.63, 3.8) is 0 Å². The fourth-order valence-electron chi connectivity index (χ4n) is 6.30. The lowest BCUT2D eigenvalue weighted by molar-refractivity contribution is 0.197. The van der Waals surface area contributed by atoms with E-state index in [0.717, 1.165) is 23.7 Å². The summed E-state index contributed by atoms with van der Waals surface area (Å²) in [6.45, 7) is 4.65. The first-order chi connectivity index (χ1) is 14.3. The maximum absolute atomic E-state index is 2.46. The average molecular weight is 397 g/mol. The Hall–Kier alpha value is -0.780. The molecule has 0 saturated heterocycles. The van der Waals surface area contributed by atoms with Crippen LogP contribution in [0.5, 0.6) is 0 Å². The van der Waals surface area contributed by atoms with Gasteiger partial charge in [-0.25, -0.2) is 0 Å². The number of benzene rings is 1. The van der Waals surface area contributed by atoms with E-state index in [1.54, 1.807) is 5.56 Å². The molecule has 0 spiro atoms. The summed E-state index contributed by atoms with van der Waals surface area (Å²) in [5.41, 5.74) is 3.14. The Morgan fingerprint density at radius 3 is 1.97 bits per heavy atom. The molecule has 0 aliphatic heterocycles. The van der Waals surface area contributed by atoms with Crippen LogP contribution in [-0.2, 0) is 12.8 Å². The van der Waals surface area contributed by atoms with E-state index in [4.69, 9.17) is 0 Å². The molecule has 1 aromatic rings. The maximum atomic E-state index is 2.46.